The number of nitrogens with zero attached hydrogens (tertiary/aromatic N) is 4. The number of aromatic nitrogens is 3. The molecule has 0 saturated heterocycles. The third-order valence-corrected chi connectivity index (χ3v) is 5.30. The third kappa shape index (κ3) is 5.13. The average molecular weight is 478 g/mol. The van der Waals surface area contributed by atoms with Crippen LogP contribution in [0.1, 0.15) is 31.5 Å². The van der Waals surface area contributed by atoms with E-state index in [9.17, 15) is 22.4 Å². The molecule has 1 aromatic carbocycles. The van der Waals surface area contributed by atoms with Gasteiger partial charge in [0.15, 0.2) is 11.6 Å². The molecule has 7 nitrogen and oxygen atoms in total. The minimum absolute atomic E-state index is 0.0376. The monoisotopic (exact) mass is 478 g/mol. The summed E-state index contributed by atoms with van der Waals surface area (Å²) in [6.45, 7) is 5.44. The van der Waals surface area contributed by atoms with Crippen molar-refractivity contribution in [2.75, 3.05) is 11.4 Å². The van der Waals surface area contributed by atoms with E-state index in [1.807, 2.05) is 13.8 Å². The molecule has 1 aliphatic heterocycles. The first-order chi connectivity index (χ1) is 16.1. The second-order valence-corrected chi connectivity index (χ2v) is 8.06. The van der Waals surface area contributed by atoms with Gasteiger partial charge >= 0.3 is 11.9 Å². The van der Waals surface area contributed by atoms with E-state index in [1.54, 1.807) is 16.7 Å². The van der Waals surface area contributed by atoms with Crippen LogP contribution in [0.3, 0.4) is 0 Å². The maximum absolute atomic E-state index is 14.5. The second-order valence-electron chi connectivity index (χ2n) is 8.06. The van der Waals surface area contributed by atoms with Crippen molar-refractivity contribution in [2.24, 2.45) is 0 Å². The number of benzene rings is 1. The lowest BCUT2D eigenvalue weighted by molar-refractivity contribution is -0.141. The van der Waals surface area contributed by atoms with Crippen molar-refractivity contribution in [3.63, 3.8) is 0 Å². The molecule has 0 fully saturated rings. The van der Waals surface area contributed by atoms with Crippen LogP contribution in [0.5, 0.6) is 17.4 Å². The molecular weight excluding hydrogens is 456 g/mol. The lowest BCUT2D eigenvalue weighted by Gasteiger charge is -2.34. The number of anilines is 1. The third-order valence-electron chi connectivity index (χ3n) is 5.30. The first-order valence-corrected chi connectivity index (χ1v) is 10.6. The Bertz CT molecular complexity index is 1230. The smallest absolute Gasteiger partial charge is 0.433 e. The summed E-state index contributed by atoms with van der Waals surface area (Å²) in [5.41, 5.74) is -1.02. The molecule has 0 amide bonds. The van der Waals surface area contributed by atoms with E-state index in [0.717, 1.165) is 37.1 Å². The lowest BCUT2D eigenvalue weighted by Crippen LogP contribution is -2.42. The van der Waals surface area contributed by atoms with Gasteiger partial charge in [-0.3, -0.25) is 4.57 Å². The van der Waals surface area contributed by atoms with Crippen molar-refractivity contribution in [1.82, 2.24) is 14.5 Å². The second kappa shape index (κ2) is 9.32. The largest absolute Gasteiger partial charge is 0.473 e. The van der Waals surface area contributed by atoms with E-state index in [0.29, 0.717) is 12.1 Å². The quantitative estimate of drug-likeness (QED) is 0.475. The van der Waals surface area contributed by atoms with Crippen LogP contribution < -0.4 is 20.1 Å². The van der Waals surface area contributed by atoms with E-state index in [4.69, 9.17) is 9.47 Å². The van der Waals surface area contributed by atoms with Crippen molar-refractivity contribution < 1.29 is 27.0 Å². The van der Waals surface area contributed by atoms with Crippen molar-refractivity contribution in [3.8, 4) is 17.4 Å². The molecule has 0 unspecified atom stereocenters. The fraction of sp³-hybridized carbons (Fsp3) is 0.348. The molecule has 0 N–H and O–H groups in total. The van der Waals surface area contributed by atoms with Crippen molar-refractivity contribution in [1.29, 1.82) is 0 Å². The Morgan fingerprint density at radius 3 is 2.56 bits per heavy atom. The van der Waals surface area contributed by atoms with Crippen molar-refractivity contribution in [2.45, 2.75) is 45.6 Å². The standard InChI is InChI=1S/C23H22F4N4O3/c1-14(2)30-8-3-9-31-21(30)11-20(29-22(31)32)33-13-15-4-6-18(17(24)10-15)34-16-5-7-19(28-12-16)23(25,26)27/h4-7,10-12,14H,3,8-9,13H2,1-2H3. The van der Waals surface area contributed by atoms with E-state index >= 15 is 0 Å². The van der Waals surface area contributed by atoms with Crippen LogP contribution in [0.2, 0.25) is 0 Å². The Morgan fingerprint density at radius 2 is 1.91 bits per heavy atom. The van der Waals surface area contributed by atoms with Gasteiger partial charge in [0.1, 0.15) is 23.9 Å². The van der Waals surface area contributed by atoms with Gasteiger partial charge in [-0.05, 0) is 50.1 Å². The van der Waals surface area contributed by atoms with Gasteiger partial charge in [-0.1, -0.05) is 6.07 Å². The highest BCUT2D eigenvalue weighted by Gasteiger charge is 2.32. The van der Waals surface area contributed by atoms with Crippen LogP contribution in [0.25, 0.3) is 0 Å². The minimum Gasteiger partial charge on any atom is -0.473 e. The zero-order valence-electron chi connectivity index (χ0n) is 18.5. The van der Waals surface area contributed by atoms with Gasteiger partial charge in [0.05, 0.1) is 6.20 Å². The molecule has 2 aromatic heterocycles. The molecular formula is C23H22F4N4O3. The van der Waals surface area contributed by atoms with Gasteiger partial charge < -0.3 is 14.4 Å². The number of halogens is 4. The molecule has 0 radical (unpaired) electrons. The maximum Gasteiger partial charge on any atom is 0.433 e. The number of alkyl halides is 3. The molecule has 0 spiro atoms. The predicted octanol–water partition coefficient (Wildman–Crippen LogP) is 4.79. The Hall–Kier alpha value is -3.63. The first kappa shape index (κ1) is 23.5. The van der Waals surface area contributed by atoms with Gasteiger partial charge in [-0.15, -0.1) is 0 Å². The van der Waals surface area contributed by atoms with E-state index in [2.05, 4.69) is 14.9 Å². The SMILES string of the molecule is CC(C)N1CCCn2c1cc(OCc1ccc(Oc3ccc(C(F)(F)F)nc3)c(F)c1)nc2=O. The Balaban J connectivity index is 1.45. The molecule has 3 heterocycles. The summed E-state index contributed by atoms with van der Waals surface area (Å²) in [5, 5.41) is 0. The Labute approximate surface area is 192 Å². The topological polar surface area (TPSA) is 69.5 Å². The van der Waals surface area contributed by atoms with Gasteiger partial charge in [-0.2, -0.15) is 18.2 Å². The fourth-order valence-corrected chi connectivity index (χ4v) is 3.64. The number of pyridine rings is 1. The molecule has 180 valence electrons. The van der Waals surface area contributed by atoms with Crippen LogP contribution in [0.15, 0.2) is 47.4 Å². The number of hydrogen-bond donors (Lipinski definition) is 0. The number of ether oxygens (including phenoxy) is 2. The normalized spacial score (nSPS) is 13.7. The van der Waals surface area contributed by atoms with E-state index in [-0.39, 0.29) is 30.0 Å². The summed E-state index contributed by atoms with van der Waals surface area (Å²) >= 11 is 0. The van der Waals surface area contributed by atoms with E-state index < -0.39 is 23.4 Å². The summed E-state index contributed by atoms with van der Waals surface area (Å²) in [6, 6.07) is 7.77. The highest BCUT2D eigenvalue weighted by molar-refractivity contribution is 5.44. The zero-order chi connectivity index (χ0) is 24.5. The lowest BCUT2D eigenvalue weighted by atomic mass is 10.2. The Kier molecular flexibility index (Phi) is 6.45. The van der Waals surface area contributed by atoms with Gasteiger partial charge in [0.2, 0.25) is 5.88 Å². The van der Waals surface area contributed by atoms with Crippen LogP contribution in [0.4, 0.5) is 23.4 Å². The van der Waals surface area contributed by atoms with E-state index in [1.165, 1.54) is 12.1 Å². The highest BCUT2D eigenvalue weighted by Crippen LogP contribution is 2.30. The van der Waals surface area contributed by atoms with Crippen LogP contribution in [0, 0.1) is 5.82 Å². The van der Waals surface area contributed by atoms with Crippen LogP contribution in [-0.2, 0) is 19.3 Å². The molecule has 4 rings (SSSR count). The maximum atomic E-state index is 14.5. The summed E-state index contributed by atoms with van der Waals surface area (Å²) in [5.74, 6) is -0.0745. The molecule has 3 aromatic rings. The van der Waals surface area contributed by atoms with Crippen molar-refractivity contribution >= 4 is 5.82 Å². The summed E-state index contributed by atoms with van der Waals surface area (Å²) in [7, 11) is 0. The highest BCUT2D eigenvalue weighted by atomic mass is 19.4. The molecule has 0 aliphatic carbocycles. The Morgan fingerprint density at radius 1 is 1.12 bits per heavy atom. The predicted molar refractivity (Wildman–Crippen MR) is 116 cm³/mol. The van der Waals surface area contributed by atoms with Gasteiger partial charge in [0.25, 0.3) is 0 Å². The summed E-state index contributed by atoms with van der Waals surface area (Å²) < 4.78 is 64.9. The van der Waals surface area contributed by atoms with Crippen molar-refractivity contribution in [3.05, 3.63) is 70.2 Å². The molecule has 1 aliphatic rings. The molecule has 0 saturated carbocycles. The first-order valence-electron chi connectivity index (χ1n) is 10.6. The minimum atomic E-state index is -4.57. The van der Waals surface area contributed by atoms with Gasteiger partial charge in [-0.25, -0.2) is 14.2 Å². The molecule has 0 bridgehead atoms. The number of rotatable bonds is 6. The number of hydrogen-bond acceptors (Lipinski definition) is 6. The fourth-order valence-electron chi connectivity index (χ4n) is 3.64. The molecule has 0 atom stereocenters. The average Bonchev–Trinajstić information content (AvgIpc) is 2.78. The summed E-state index contributed by atoms with van der Waals surface area (Å²) in [4.78, 5) is 21.8. The van der Waals surface area contributed by atoms with Crippen LogP contribution >= 0.6 is 0 Å². The number of fused-ring (bicyclic) bond motifs is 1. The molecule has 34 heavy (non-hydrogen) atoms. The summed E-state index contributed by atoms with van der Waals surface area (Å²) in [6.07, 6.45) is -2.85. The van der Waals surface area contributed by atoms with Gasteiger partial charge in [0, 0.05) is 25.2 Å². The van der Waals surface area contributed by atoms with Crippen LogP contribution in [-0.4, -0.2) is 27.1 Å². The zero-order valence-corrected chi connectivity index (χ0v) is 18.5. The molecule has 11 heteroatoms.